The molecular formula is C12H21BrN2OS. The van der Waals surface area contributed by atoms with Crippen LogP contribution in [-0.2, 0) is 4.74 Å². The lowest BCUT2D eigenvalue weighted by Gasteiger charge is -2.34. The van der Waals surface area contributed by atoms with E-state index in [1.807, 2.05) is 0 Å². The van der Waals surface area contributed by atoms with Gasteiger partial charge in [-0.05, 0) is 35.5 Å². The van der Waals surface area contributed by atoms with Crippen LogP contribution in [0.1, 0.15) is 24.8 Å². The number of thiophene rings is 1. The molecule has 0 aliphatic rings. The largest absolute Gasteiger partial charge is 0.383 e. The highest BCUT2D eigenvalue weighted by molar-refractivity contribution is 9.10. The first kappa shape index (κ1) is 15.1. The van der Waals surface area contributed by atoms with Crippen molar-refractivity contribution in [1.29, 1.82) is 0 Å². The molecule has 0 fully saturated rings. The molecule has 1 aromatic rings. The van der Waals surface area contributed by atoms with Gasteiger partial charge in [-0.15, -0.1) is 11.3 Å². The summed E-state index contributed by atoms with van der Waals surface area (Å²) in [5.74, 6) is 0. The minimum Gasteiger partial charge on any atom is -0.383 e. The third-order valence-corrected chi connectivity index (χ3v) is 4.67. The monoisotopic (exact) mass is 320 g/mol. The number of hydrogen-bond donors (Lipinski definition) is 1. The van der Waals surface area contributed by atoms with Crippen LogP contribution in [0, 0.1) is 0 Å². The average Bonchev–Trinajstić information content (AvgIpc) is 2.72. The van der Waals surface area contributed by atoms with E-state index in [-0.39, 0.29) is 6.04 Å². The van der Waals surface area contributed by atoms with Crippen molar-refractivity contribution < 1.29 is 4.74 Å². The van der Waals surface area contributed by atoms with Crippen molar-refractivity contribution in [3.63, 3.8) is 0 Å². The first-order chi connectivity index (χ1) is 8.13. The van der Waals surface area contributed by atoms with Gasteiger partial charge in [-0.25, -0.2) is 0 Å². The summed E-state index contributed by atoms with van der Waals surface area (Å²) >= 11 is 5.25. The lowest BCUT2D eigenvalue weighted by molar-refractivity contribution is 0.0762. The van der Waals surface area contributed by atoms with Gasteiger partial charge < -0.3 is 10.5 Å². The summed E-state index contributed by atoms with van der Waals surface area (Å²) in [6.45, 7) is 6.68. The first-order valence-corrected chi connectivity index (χ1v) is 7.49. The molecule has 17 heavy (non-hydrogen) atoms. The summed E-state index contributed by atoms with van der Waals surface area (Å²) in [5.41, 5.74) is 5.93. The van der Waals surface area contributed by atoms with Crippen molar-refractivity contribution in [3.05, 3.63) is 20.8 Å². The number of halogens is 1. The van der Waals surface area contributed by atoms with E-state index in [4.69, 9.17) is 10.5 Å². The third-order valence-electron chi connectivity index (χ3n) is 2.88. The van der Waals surface area contributed by atoms with E-state index in [2.05, 4.69) is 46.1 Å². The highest BCUT2D eigenvalue weighted by atomic mass is 79.9. The van der Waals surface area contributed by atoms with E-state index in [1.165, 1.54) is 4.88 Å². The van der Waals surface area contributed by atoms with Gasteiger partial charge in [0.25, 0.3) is 0 Å². The van der Waals surface area contributed by atoms with Crippen molar-refractivity contribution in [2.75, 3.05) is 26.8 Å². The van der Waals surface area contributed by atoms with Gasteiger partial charge in [0.2, 0.25) is 0 Å². The Morgan fingerprint density at radius 2 is 2.29 bits per heavy atom. The molecule has 1 aromatic heterocycles. The Balaban J connectivity index is 2.83. The summed E-state index contributed by atoms with van der Waals surface area (Å²) in [4.78, 5) is 3.70. The van der Waals surface area contributed by atoms with Crippen LogP contribution in [0.25, 0.3) is 0 Å². The first-order valence-electron chi connectivity index (χ1n) is 5.82. The maximum Gasteiger partial charge on any atom is 0.0615 e. The van der Waals surface area contributed by atoms with Gasteiger partial charge in [0.1, 0.15) is 0 Å². The van der Waals surface area contributed by atoms with E-state index >= 15 is 0 Å². The molecule has 1 heterocycles. The number of nitrogens with two attached hydrogens (primary N) is 1. The van der Waals surface area contributed by atoms with Crippen molar-refractivity contribution in [3.8, 4) is 0 Å². The molecule has 0 saturated heterocycles. The van der Waals surface area contributed by atoms with Crippen LogP contribution in [-0.4, -0.2) is 37.7 Å². The second kappa shape index (κ2) is 7.48. The zero-order chi connectivity index (χ0) is 12.8. The normalized spacial score (nSPS) is 15.2. The number of rotatable bonds is 7. The molecule has 0 aromatic carbocycles. The molecule has 0 aliphatic heterocycles. The summed E-state index contributed by atoms with van der Waals surface area (Å²) in [6, 6.07) is 2.81. The van der Waals surface area contributed by atoms with Crippen molar-refractivity contribution in [2.45, 2.75) is 25.9 Å². The zero-order valence-electron chi connectivity index (χ0n) is 10.6. The molecule has 5 heteroatoms. The Morgan fingerprint density at radius 1 is 1.59 bits per heavy atom. The Kier molecular flexibility index (Phi) is 6.66. The Morgan fingerprint density at radius 3 is 2.71 bits per heavy atom. The maximum absolute atomic E-state index is 5.93. The lowest BCUT2D eigenvalue weighted by atomic mass is 10.1. The van der Waals surface area contributed by atoms with Crippen LogP contribution in [0.2, 0.25) is 0 Å². The minimum atomic E-state index is 0.279. The maximum atomic E-state index is 5.93. The van der Waals surface area contributed by atoms with Gasteiger partial charge in [0, 0.05) is 34.4 Å². The summed E-state index contributed by atoms with van der Waals surface area (Å²) < 4.78 is 6.36. The number of methoxy groups -OCH3 is 1. The van der Waals surface area contributed by atoms with Gasteiger partial charge >= 0.3 is 0 Å². The second-order valence-corrected chi connectivity index (χ2v) is 5.91. The van der Waals surface area contributed by atoms with Crippen LogP contribution in [0.15, 0.2) is 15.9 Å². The summed E-state index contributed by atoms with van der Waals surface area (Å²) in [6.07, 6.45) is 0. The topological polar surface area (TPSA) is 38.5 Å². The van der Waals surface area contributed by atoms with Gasteiger partial charge in [-0.2, -0.15) is 0 Å². The standard InChI is InChI=1S/C12H21BrN2OS/c1-4-15(9(2)7-16-3)11(6-14)12-5-10(13)8-17-12/h5,8-9,11H,4,6-7,14H2,1-3H3. The molecule has 98 valence electrons. The number of ether oxygens (including phenoxy) is 1. The molecular weight excluding hydrogens is 300 g/mol. The van der Waals surface area contributed by atoms with E-state index in [1.54, 1.807) is 18.4 Å². The fraction of sp³-hybridized carbons (Fsp3) is 0.667. The Bertz CT molecular complexity index is 332. The molecule has 0 bridgehead atoms. The molecule has 0 saturated carbocycles. The molecule has 0 amide bonds. The number of hydrogen-bond acceptors (Lipinski definition) is 4. The van der Waals surface area contributed by atoms with Crippen molar-refractivity contribution >= 4 is 27.3 Å². The zero-order valence-corrected chi connectivity index (χ0v) is 13.1. The molecule has 0 radical (unpaired) electrons. The van der Waals surface area contributed by atoms with Crippen LogP contribution in [0.5, 0.6) is 0 Å². The predicted octanol–water partition coefficient (Wildman–Crippen LogP) is 2.87. The van der Waals surface area contributed by atoms with Crippen LogP contribution in [0.4, 0.5) is 0 Å². The number of likely N-dealkylation sites (N-methyl/N-ethyl adjacent to an activating group) is 1. The van der Waals surface area contributed by atoms with Crippen molar-refractivity contribution in [1.82, 2.24) is 4.90 Å². The highest BCUT2D eigenvalue weighted by Crippen LogP contribution is 2.30. The van der Waals surface area contributed by atoms with E-state index < -0.39 is 0 Å². The molecule has 2 atom stereocenters. The van der Waals surface area contributed by atoms with E-state index in [9.17, 15) is 0 Å². The highest BCUT2D eigenvalue weighted by Gasteiger charge is 2.23. The van der Waals surface area contributed by atoms with Crippen LogP contribution in [0.3, 0.4) is 0 Å². The smallest absolute Gasteiger partial charge is 0.0615 e. The lowest BCUT2D eigenvalue weighted by Crippen LogP contribution is -2.41. The molecule has 2 N–H and O–H groups in total. The van der Waals surface area contributed by atoms with Gasteiger partial charge in [-0.1, -0.05) is 6.92 Å². The Labute approximate surface area is 116 Å². The molecule has 3 nitrogen and oxygen atoms in total. The van der Waals surface area contributed by atoms with E-state index in [0.29, 0.717) is 12.6 Å². The van der Waals surface area contributed by atoms with Gasteiger partial charge in [0.05, 0.1) is 12.6 Å². The average molecular weight is 321 g/mol. The molecule has 0 aliphatic carbocycles. The second-order valence-electron chi connectivity index (χ2n) is 4.05. The fourth-order valence-corrected chi connectivity index (χ4v) is 3.67. The number of nitrogens with zero attached hydrogens (tertiary/aromatic N) is 1. The van der Waals surface area contributed by atoms with Crippen LogP contribution < -0.4 is 5.73 Å². The third kappa shape index (κ3) is 4.03. The molecule has 1 rings (SSSR count). The molecule has 2 unspecified atom stereocenters. The van der Waals surface area contributed by atoms with Crippen molar-refractivity contribution in [2.24, 2.45) is 5.73 Å². The SMILES string of the molecule is CCN(C(C)COC)C(CN)c1cc(Br)cs1. The predicted molar refractivity (Wildman–Crippen MR) is 77.5 cm³/mol. The van der Waals surface area contributed by atoms with E-state index in [0.717, 1.165) is 17.6 Å². The summed E-state index contributed by atoms with van der Waals surface area (Å²) in [5, 5.41) is 2.10. The van der Waals surface area contributed by atoms with Crippen LogP contribution >= 0.6 is 27.3 Å². The quantitative estimate of drug-likeness (QED) is 0.839. The Hall–Kier alpha value is 0.0600. The summed E-state index contributed by atoms with van der Waals surface area (Å²) in [7, 11) is 1.74. The fourth-order valence-electron chi connectivity index (χ4n) is 2.09. The molecule has 0 spiro atoms. The van der Waals surface area contributed by atoms with Gasteiger partial charge in [-0.3, -0.25) is 4.90 Å². The minimum absolute atomic E-state index is 0.279. The van der Waals surface area contributed by atoms with Gasteiger partial charge in [0.15, 0.2) is 0 Å².